The van der Waals surface area contributed by atoms with E-state index >= 15 is 0 Å². The second kappa shape index (κ2) is 4.13. The highest BCUT2D eigenvalue weighted by Crippen LogP contribution is 2.33. The molecule has 1 saturated heterocycles. The van der Waals surface area contributed by atoms with Crippen LogP contribution in [0.4, 0.5) is 0 Å². The van der Waals surface area contributed by atoms with Crippen LogP contribution in [-0.4, -0.2) is 39.7 Å². The largest absolute Gasteiger partial charge is 0.480 e. The van der Waals surface area contributed by atoms with E-state index in [0.717, 1.165) is 4.90 Å². The molecule has 0 aromatic carbocycles. The number of carbonyl (C=O) groups excluding carboxylic acids is 2. The molecule has 0 radical (unpaired) electrons. The van der Waals surface area contributed by atoms with Crippen LogP contribution in [0.15, 0.2) is 0 Å². The number of carboxylic acids is 1. The van der Waals surface area contributed by atoms with Crippen LogP contribution in [0.5, 0.6) is 0 Å². The van der Waals surface area contributed by atoms with Gasteiger partial charge in [-0.2, -0.15) is 0 Å². The minimum Gasteiger partial charge on any atom is -0.480 e. The Bertz CT molecular complexity index is 375. The molecule has 96 valence electrons. The molecule has 17 heavy (non-hydrogen) atoms. The molecule has 5 heteroatoms. The maximum absolute atomic E-state index is 12.0. The molecule has 1 fully saturated rings. The Hall–Kier alpha value is -1.39. The predicted octanol–water partition coefficient (Wildman–Crippen LogP) is 1.07. The zero-order valence-corrected chi connectivity index (χ0v) is 10.7. The summed E-state index contributed by atoms with van der Waals surface area (Å²) in [6.07, 6.45) is 0.948. The number of amides is 1. The van der Waals surface area contributed by atoms with Crippen LogP contribution in [0.2, 0.25) is 0 Å². The number of carbonyl (C=O) groups is 3. The molecule has 1 atom stereocenters. The van der Waals surface area contributed by atoms with Gasteiger partial charge in [-0.15, -0.1) is 0 Å². The van der Waals surface area contributed by atoms with Crippen molar-refractivity contribution in [1.29, 1.82) is 0 Å². The monoisotopic (exact) mass is 241 g/mol. The number of Topliss-reactive ketones (excluding diaryl/α,β-unsaturated/α-hetero) is 1. The number of hydrogen-bond acceptors (Lipinski definition) is 3. The van der Waals surface area contributed by atoms with Gasteiger partial charge in [-0.3, -0.25) is 9.59 Å². The lowest BCUT2D eigenvalue weighted by Gasteiger charge is -2.47. The summed E-state index contributed by atoms with van der Waals surface area (Å²) < 4.78 is 0. The zero-order valence-electron chi connectivity index (χ0n) is 10.7. The number of aliphatic carboxylic acids is 1. The second-order valence-corrected chi connectivity index (χ2v) is 5.35. The smallest absolute Gasteiger partial charge is 0.329 e. The zero-order chi connectivity index (χ0) is 13.4. The van der Waals surface area contributed by atoms with Gasteiger partial charge in [0, 0.05) is 12.0 Å². The van der Waals surface area contributed by atoms with Gasteiger partial charge in [0.15, 0.2) is 0 Å². The van der Waals surface area contributed by atoms with E-state index in [1.807, 2.05) is 6.92 Å². The van der Waals surface area contributed by atoms with Crippen molar-refractivity contribution >= 4 is 17.7 Å². The molecule has 1 rings (SSSR count). The number of rotatable bonds is 4. The van der Waals surface area contributed by atoms with Crippen molar-refractivity contribution in [3.63, 3.8) is 0 Å². The van der Waals surface area contributed by atoms with Crippen LogP contribution in [-0.2, 0) is 14.4 Å². The Labute approximate surface area is 101 Å². The van der Waals surface area contributed by atoms with Crippen molar-refractivity contribution in [3.8, 4) is 0 Å². The average molecular weight is 241 g/mol. The molecule has 0 unspecified atom stereocenters. The summed E-state index contributed by atoms with van der Waals surface area (Å²) in [7, 11) is 0. The summed E-state index contributed by atoms with van der Waals surface area (Å²) in [5.41, 5.74) is -1.94. The SMILES string of the molecule is CCC(C)(C)C(=O)C(=O)N1CC[C@@]1(C)C(=O)O. The quantitative estimate of drug-likeness (QED) is 0.747. The van der Waals surface area contributed by atoms with Crippen molar-refractivity contribution in [2.75, 3.05) is 6.54 Å². The lowest BCUT2D eigenvalue weighted by atomic mass is 9.81. The molecule has 0 aromatic heterocycles. The molecule has 0 saturated carbocycles. The average Bonchev–Trinajstić information content (AvgIpc) is 2.24. The first-order valence-electron chi connectivity index (χ1n) is 5.76. The molecular weight excluding hydrogens is 222 g/mol. The second-order valence-electron chi connectivity index (χ2n) is 5.35. The highest BCUT2D eigenvalue weighted by atomic mass is 16.4. The first-order valence-corrected chi connectivity index (χ1v) is 5.76. The van der Waals surface area contributed by atoms with Gasteiger partial charge in [0.05, 0.1) is 0 Å². The first kappa shape index (κ1) is 13.7. The van der Waals surface area contributed by atoms with E-state index in [2.05, 4.69) is 0 Å². The third kappa shape index (κ3) is 2.06. The number of carboxylic acid groups (broad SMARTS) is 1. The summed E-state index contributed by atoms with van der Waals surface area (Å²) in [6.45, 7) is 7.05. The van der Waals surface area contributed by atoms with Gasteiger partial charge >= 0.3 is 5.97 Å². The van der Waals surface area contributed by atoms with Crippen LogP contribution in [0.1, 0.15) is 40.5 Å². The highest BCUT2D eigenvalue weighted by molar-refractivity contribution is 6.38. The summed E-state index contributed by atoms with van der Waals surface area (Å²) in [4.78, 5) is 36.1. The van der Waals surface area contributed by atoms with Gasteiger partial charge in [-0.1, -0.05) is 20.8 Å². The summed E-state index contributed by atoms with van der Waals surface area (Å²) in [5, 5.41) is 9.05. The van der Waals surface area contributed by atoms with Crippen LogP contribution >= 0.6 is 0 Å². The highest BCUT2D eigenvalue weighted by Gasteiger charge is 2.52. The summed E-state index contributed by atoms with van der Waals surface area (Å²) in [5.74, 6) is -2.24. The number of nitrogens with zero attached hydrogens (tertiary/aromatic N) is 1. The molecule has 1 aliphatic heterocycles. The van der Waals surface area contributed by atoms with Gasteiger partial charge in [0.25, 0.3) is 5.91 Å². The van der Waals surface area contributed by atoms with E-state index in [0.29, 0.717) is 19.4 Å². The van der Waals surface area contributed by atoms with Crippen LogP contribution < -0.4 is 0 Å². The predicted molar refractivity (Wildman–Crippen MR) is 61.4 cm³/mol. The van der Waals surface area contributed by atoms with Gasteiger partial charge < -0.3 is 10.0 Å². The Morgan fingerprint density at radius 3 is 2.18 bits per heavy atom. The molecule has 5 nitrogen and oxygen atoms in total. The third-order valence-corrected chi connectivity index (χ3v) is 3.82. The van der Waals surface area contributed by atoms with Crippen LogP contribution in [0.3, 0.4) is 0 Å². The van der Waals surface area contributed by atoms with Crippen LogP contribution in [0, 0.1) is 5.41 Å². The minimum absolute atomic E-state index is 0.340. The Morgan fingerprint density at radius 1 is 1.35 bits per heavy atom. The van der Waals surface area contributed by atoms with Gasteiger partial charge in [0.2, 0.25) is 5.78 Å². The van der Waals surface area contributed by atoms with E-state index in [9.17, 15) is 14.4 Å². The fourth-order valence-corrected chi connectivity index (χ4v) is 1.68. The number of likely N-dealkylation sites (tertiary alicyclic amines) is 1. The molecule has 0 aromatic rings. The first-order chi connectivity index (χ1) is 7.66. The normalized spacial score (nSPS) is 24.1. The van der Waals surface area contributed by atoms with E-state index in [1.165, 1.54) is 6.92 Å². The maximum atomic E-state index is 12.0. The molecule has 1 heterocycles. The van der Waals surface area contributed by atoms with Crippen molar-refractivity contribution in [3.05, 3.63) is 0 Å². The lowest BCUT2D eigenvalue weighted by molar-refractivity contribution is -0.172. The lowest BCUT2D eigenvalue weighted by Crippen LogP contribution is -2.66. The van der Waals surface area contributed by atoms with Crippen molar-refractivity contribution in [2.45, 2.75) is 46.1 Å². The molecule has 1 amide bonds. The summed E-state index contributed by atoms with van der Waals surface area (Å²) in [6, 6.07) is 0. The topological polar surface area (TPSA) is 74.7 Å². The summed E-state index contributed by atoms with van der Waals surface area (Å²) >= 11 is 0. The van der Waals surface area contributed by atoms with E-state index in [1.54, 1.807) is 13.8 Å². The maximum Gasteiger partial charge on any atom is 0.329 e. The molecule has 0 spiro atoms. The van der Waals surface area contributed by atoms with Gasteiger partial charge in [0.1, 0.15) is 5.54 Å². The van der Waals surface area contributed by atoms with Gasteiger partial charge in [-0.05, 0) is 19.8 Å². The fraction of sp³-hybridized carbons (Fsp3) is 0.750. The molecule has 0 aliphatic carbocycles. The Morgan fingerprint density at radius 2 is 1.88 bits per heavy atom. The van der Waals surface area contributed by atoms with E-state index in [4.69, 9.17) is 5.11 Å². The van der Waals surface area contributed by atoms with Crippen molar-refractivity contribution < 1.29 is 19.5 Å². The van der Waals surface area contributed by atoms with Crippen LogP contribution in [0.25, 0.3) is 0 Å². The molecule has 1 aliphatic rings. The van der Waals surface area contributed by atoms with E-state index < -0.39 is 28.6 Å². The number of hydrogen-bond donors (Lipinski definition) is 1. The number of ketones is 1. The molecule has 1 N–H and O–H groups in total. The Kier molecular flexibility index (Phi) is 3.32. The van der Waals surface area contributed by atoms with Crippen molar-refractivity contribution in [2.24, 2.45) is 5.41 Å². The molecule has 0 bridgehead atoms. The fourth-order valence-electron chi connectivity index (χ4n) is 1.68. The molecular formula is C12H19NO4. The minimum atomic E-state index is -1.21. The Balaban J connectivity index is 2.86. The van der Waals surface area contributed by atoms with E-state index in [-0.39, 0.29) is 0 Å². The third-order valence-electron chi connectivity index (χ3n) is 3.82. The van der Waals surface area contributed by atoms with Gasteiger partial charge in [-0.25, -0.2) is 4.79 Å². The van der Waals surface area contributed by atoms with Crippen molar-refractivity contribution in [1.82, 2.24) is 4.90 Å². The standard InChI is InChI=1S/C12H19NO4/c1-5-11(2,3)8(14)9(15)13-7-6-12(13,4)10(16)17/h5-7H2,1-4H3,(H,16,17)/t12-/m0/s1.